The average molecular weight is 422 g/mol. The molecule has 7 heteroatoms. The number of para-hydroxylation sites is 1. The number of aliphatic carboxylic acids is 1. The number of carbonyl (C=O) groups excluding carboxylic acids is 1. The Morgan fingerprint density at radius 3 is 2.15 bits per heavy atom. The van der Waals surface area contributed by atoms with Crippen LogP contribution in [-0.4, -0.2) is 31.2 Å². The lowest BCUT2D eigenvalue weighted by Crippen LogP contribution is -2.27. The van der Waals surface area contributed by atoms with Gasteiger partial charge in [0.1, 0.15) is 17.2 Å². The lowest BCUT2D eigenvalue weighted by molar-refractivity contribution is -0.140. The number of hydrogen-bond acceptors (Lipinski definition) is 4. The molecule has 0 bridgehead atoms. The van der Waals surface area contributed by atoms with Gasteiger partial charge in [-0.1, -0.05) is 34.1 Å². The summed E-state index contributed by atoms with van der Waals surface area (Å²) < 4.78 is 11.4. The molecule has 1 atom stereocenters. The predicted molar refractivity (Wildman–Crippen MR) is 102 cm³/mol. The van der Waals surface area contributed by atoms with Crippen molar-refractivity contribution in [1.29, 1.82) is 0 Å². The van der Waals surface area contributed by atoms with Gasteiger partial charge in [0.05, 0.1) is 26.6 Å². The first kappa shape index (κ1) is 19.8. The summed E-state index contributed by atoms with van der Waals surface area (Å²) in [4.78, 5) is 24.0. The number of rotatable bonds is 8. The van der Waals surface area contributed by atoms with Crippen LogP contribution in [0.5, 0.6) is 11.5 Å². The van der Waals surface area contributed by atoms with E-state index in [1.165, 1.54) is 14.2 Å². The number of hydrogen-bond donors (Lipinski definition) is 2. The number of amides is 1. The van der Waals surface area contributed by atoms with Crippen molar-refractivity contribution in [2.75, 3.05) is 19.5 Å². The first-order valence-corrected chi connectivity index (χ1v) is 8.72. The molecule has 0 saturated heterocycles. The summed E-state index contributed by atoms with van der Waals surface area (Å²) in [5.41, 5.74) is 1.26. The molecule has 0 aliphatic rings. The van der Waals surface area contributed by atoms with Crippen molar-refractivity contribution < 1.29 is 24.2 Å². The topological polar surface area (TPSA) is 84.9 Å². The highest BCUT2D eigenvalue weighted by Crippen LogP contribution is 2.34. The molecule has 0 radical (unpaired) electrons. The van der Waals surface area contributed by atoms with Gasteiger partial charge in [-0.25, -0.2) is 0 Å². The third-order valence-electron chi connectivity index (χ3n) is 3.86. The molecule has 2 rings (SSSR count). The predicted octanol–water partition coefficient (Wildman–Crippen LogP) is 3.74. The van der Waals surface area contributed by atoms with E-state index >= 15 is 0 Å². The van der Waals surface area contributed by atoms with E-state index in [9.17, 15) is 14.7 Å². The molecule has 138 valence electrons. The Morgan fingerprint density at radius 1 is 1.08 bits per heavy atom. The molecule has 2 aromatic carbocycles. The van der Waals surface area contributed by atoms with Crippen molar-refractivity contribution in [3.63, 3.8) is 0 Å². The van der Waals surface area contributed by atoms with Crippen molar-refractivity contribution in [2.24, 2.45) is 5.92 Å². The number of carboxylic acids is 1. The highest BCUT2D eigenvalue weighted by Gasteiger charge is 2.24. The Morgan fingerprint density at radius 2 is 1.65 bits per heavy atom. The molecule has 0 fully saturated rings. The number of halogens is 1. The van der Waals surface area contributed by atoms with E-state index in [1.807, 2.05) is 24.3 Å². The molecular formula is C19H20BrNO5. The van der Waals surface area contributed by atoms with E-state index < -0.39 is 17.8 Å². The molecule has 0 unspecified atom stereocenters. The summed E-state index contributed by atoms with van der Waals surface area (Å²) in [7, 11) is 2.97. The quantitative estimate of drug-likeness (QED) is 0.677. The number of carboxylic acid groups (broad SMARTS) is 1. The summed E-state index contributed by atoms with van der Waals surface area (Å²) in [6.07, 6.45) is 0.0300. The van der Waals surface area contributed by atoms with Crippen LogP contribution in [0, 0.1) is 5.92 Å². The number of ether oxygens (including phenoxy) is 2. The number of methoxy groups -OCH3 is 2. The Hall–Kier alpha value is -2.54. The zero-order valence-corrected chi connectivity index (χ0v) is 16.1. The van der Waals surface area contributed by atoms with Crippen molar-refractivity contribution >= 4 is 33.5 Å². The Labute approximate surface area is 160 Å². The molecule has 0 aliphatic carbocycles. The van der Waals surface area contributed by atoms with Crippen LogP contribution in [0.25, 0.3) is 0 Å². The van der Waals surface area contributed by atoms with Crippen molar-refractivity contribution in [2.45, 2.75) is 12.8 Å². The van der Waals surface area contributed by atoms with Crippen molar-refractivity contribution in [3.8, 4) is 11.5 Å². The van der Waals surface area contributed by atoms with Gasteiger partial charge in [-0.05, 0) is 36.2 Å². The lowest BCUT2D eigenvalue weighted by atomic mass is 9.95. The molecule has 2 aromatic rings. The van der Waals surface area contributed by atoms with Gasteiger partial charge in [-0.15, -0.1) is 0 Å². The first-order valence-electron chi connectivity index (χ1n) is 7.92. The van der Waals surface area contributed by atoms with Crippen LogP contribution in [0.3, 0.4) is 0 Å². The minimum Gasteiger partial charge on any atom is -0.494 e. The zero-order valence-electron chi connectivity index (χ0n) is 14.5. The van der Waals surface area contributed by atoms with Crippen molar-refractivity contribution in [3.05, 3.63) is 52.5 Å². The number of carbonyl (C=O) groups is 2. The SMILES string of the molecule is COc1cccc(OC)c1NC(=O)[C@H](CC(=O)O)Cc1ccc(Br)cc1. The molecule has 1 amide bonds. The second-order valence-electron chi connectivity index (χ2n) is 5.65. The lowest BCUT2D eigenvalue weighted by Gasteiger charge is -2.18. The van der Waals surface area contributed by atoms with Gasteiger partial charge in [0, 0.05) is 4.47 Å². The van der Waals surface area contributed by atoms with E-state index in [0.717, 1.165) is 10.0 Å². The minimum absolute atomic E-state index is 0.278. The maximum absolute atomic E-state index is 12.8. The van der Waals surface area contributed by atoms with Crippen molar-refractivity contribution in [1.82, 2.24) is 0 Å². The summed E-state index contributed by atoms with van der Waals surface area (Å²) in [5, 5.41) is 11.9. The molecule has 0 saturated carbocycles. The second kappa shape index (κ2) is 9.24. The van der Waals surface area contributed by atoms with Gasteiger partial charge in [0.15, 0.2) is 0 Å². The van der Waals surface area contributed by atoms with Crippen LogP contribution in [-0.2, 0) is 16.0 Å². The van der Waals surface area contributed by atoms with Crippen LogP contribution >= 0.6 is 15.9 Å². The fourth-order valence-electron chi connectivity index (χ4n) is 2.57. The number of nitrogens with one attached hydrogen (secondary N) is 1. The van der Waals surface area contributed by atoms with E-state index in [1.54, 1.807) is 18.2 Å². The van der Waals surface area contributed by atoms with E-state index in [4.69, 9.17) is 9.47 Å². The maximum atomic E-state index is 12.8. The summed E-state index contributed by atoms with van der Waals surface area (Å²) in [5.74, 6) is -1.29. The first-order chi connectivity index (χ1) is 12.4. The molecule has 26 heavy (non-hydrogen) atoms. The van der Waals surface area contributed by atoms with Crippen LogP contribution < -0.4 is 14.8 Å². The van der Waals surface area contributed by atoms with Crippen LogP contribution in [0.4, 0.5) is 5.69 Å². The summed E-state index contributed by atoms with van der Waals surface area (Å²) >= 11 is 3.36. The Balaban J connectivity index is 2.24. The van der Waals surface area contributed by atoms with Crippen LogP contribution in [0.1, 0.15) is 12.0 Å². The monoisotopic (exact) mass is 421 g/mol. The molecule has 0 aromatic heterocycles. The fourth-order valence-corrected chi connectivity index (χ4v) is 2.84. The highest BCUT2D eigenvalue weighted by molar-refractivity contribution is 9.10. The third kappa shape index (κ3) is 5.23. The number of benzene rings is 2. The normalized spacial score (nSPS) is 11.5. The largest absolute Gasteiger partial charge is 0.494 e. The minimum atomic E-state index is -1.03. The fraction of sp³-hybridized carbons (Fsp3) is 0.263. The Kier molecular flexibility index (Phi) is 7.03. The van der Waals surface area contributed by atoms with Crippen LogP contribution in [0.15, 0.2) is 46.9 Å². The summed E-state index contributed by atoms with van der Waals surface area (Å²) in [6.45, 7) is 0. The van der Waals surface area contributed by atoms with Gasteiger partial charge in [-0.2, -0.15) is 0 Å². The third-order valence-corrected chi connectivity index (χ3v) is 4.39. The molecule has 0 spiro atoms. The smallest absolute Gasteiger partial charge is 0.304 e. The number of anilines is 1. The molecule has 0 aliphatic heterocycles. The van der Waals surface area contributed by atoms with Gasteiger partial charge in [0.2, 0.25) is 5.91 Å². The second-order valence-corrected chi connectivity index (χ2v) is 6.57. The zero-order chi connectivity index (χ0) is 19.1. The Bertz CT molecular complexity index is 754. The van der Waals surface area contributed by atoms with Gasteiger partial charge < -0.3 is 19.9 Å². The van der Waals surface area contributed by atoms with Gasteiger partial charge in [-0.3, -0.25) is 9.59 Å². The molecule has 2 N–H and O–H groups in total. The van der Waals surface area contributed by atoms with Gasteiger partial charge >= 0.3 is 5.97 Å². The van der Waals surface area contributed by atoms with E-state index in [2.05, 4.69) is 21.2 Å². The highest BCUT2D eigenvalue weighted by atomic mass is 79.9. The van der Waals surface area contributed by atoms with E-state index in [-0.39, 0.29) is 6.42 Å². The summed E-state index contributed by atoms with van der Waals surface area (Å²) in [6, 6.07) is 12.6. The van der Waals surface area contributed by atoms with E-state index in [0.29, 0.717) is 23.6 Å². The molecular weight excluding hydrogens is 402 g/mol. The average Bonchev–Trinajstić information content (AvgIpc) is 2.62. The standard InChI is InChI=1S/C19H20BrNO5/c1-25-15-4-3-5-16(26-2)18(15)21-19(24)13(11-17(22)23)10-12-6-8-14(20)9-7-12/h3-9,13H,10-11H2,1-2H3,(H,21,24)(H,22,23)/t13-/m0/s1. The molecule has 0 heterocycles. The van der Waals surface area contributed by atoms with Gasteiger partial charge in [0.25, 0.3) is 0 Å². The molecule has 6 nitrogen and oxygen atoms in total. The van der Waals surface area contributed by atoms with Crippen LogP contribution in [0.2, 0.25) is 0 Å². The maximum Gasteiger partial charge on any atom is 0.304 e.